The fraction of sp³-hybridized carbons (Fsp3) is 0.269. The minimum atomic E-state index is -0.457. The van der Waals surface area contributed by atoms with E-state index in [2.05, 4.69) is 15.4 Å². The zero-order valence-corrected chi connectivity index (χ0v) is 20.3. The van der Waals surface area contributed by atoms with Gasteiger partial charge < -0.3 is 15.0 Å². The molecule has 182 valence electrons. The van der Waals surface area contributed by atoms with E-state index < -0.39 is 5.97 Å². The Morgan fingerprint density at radius 2 is 2.03 bits per heavy atom. The van der Waals surface area contributed by atoms with Crippen molar-refractivity contribution in [2.45, 2.75) is 25.3 Å². The summed E-state index contributed by atoms with van der Waals surface area (Å²) in [5.74, 6) is 0.383. The van der Waals surface area contributed by atoms with Gasteiger partial charge in [0.15, 0.2) is 5.65 Å². The number of aromatic nitrogens is 4. The van der Waals surface area contributed by atoms with E-state index in [1.54, 1.807) is 30.5 Å². The minimum absolute atomic E-state index is 0.0877. The molecule has 0 aliphatic carbocycles. The molecule has 1 unspecified atom stereocenters. The van der Waals surface area contributed by atoms with E-state index in [0.29, 0.717) is 30.8 Å². The predicted octanol–water partition coefficient (Wildman–Crippen LogP) is 1.80. The van der Waals surface area contributed by atoms with Gasteiger partial charge in [0.2, 0.25) is 0 Å². The molecule has 4 aromatic rings. The summed E-state index contributed by atoms with van der Waals surface area (Å²) in [6, 6.07) is 12.7. The normalized spacial score (nSPS) is 15.6. The molecule has 3 aromatic heterocycles. The molecule has 10 heteroatoms. The van der Waals surface area contributed by atoms with E-state index in [-0.39, 0.29) is 11.8 Å². The molecule has 0 radical (unpaired) electrons. The molecule has 1 aliphatic rings. The van der Waals surface area contributed by atoms with Crippen LogP contribution in [0.2, 0.25) is 0 Å². The number of nitrogens with one attached hydrogen (secondary N) is 1. The SMILES string of the molecule is Bc1cnn2c(NCc3cccnc3)cc(C3CCCN(C(=O)c4cccc(C(=O)OC)c4)C3)nc12. The first-order valence-electron chi connectivity index (χ1n) is 12.0. The van der Waals surface area contributed by atoms with Crippen LogP contribution in [0.5, 0.6) is 0 Å². The fourth-order valence-electron chi connectivity index (χ4n) is 4.60. The quantitative estimate of drug-likeness (QED) is 0.330. The fourth-order valence-corrected chi connectivity index (χ4v) is 4.60. The molecule has 0 spiro atoms. The highest BCUT2D eigenvalue weighted by Gasteiger charge is 2.28. The number of amides is 1. The van der Waals surface area contributed by atoms with Crippen LogP contribution in [-0.4, -0.2) is 64.4 Å². The molecule has 0 saturated carbocycles. The second-order valence-electron chi connectivity index (χ2n) is 9.01. The largest absolute Gasteiger partial charge is 0.465 e. The van der Waals surface area contributed by atoms with E-state index in [1.807, 2.05) is 47.9 Å². The zero-order valence-electron chi connectivity index (χ0n) is 20.3. The number of pyridine rings is 1. The summed E-state index contributed by atoms with van der Waals surface area (Å²) in [5.41, 5.74) is 4.63. The Morgan fingerprint density at radius 3 is 2.83 bits per heavy atom. The van der Waals surface area contributed by atoms with Crippen molar-refractivity contribution in [1.29, 1.82) is 0 Å². The van der Waals surface area contributed by atoms with E-state index in [1.165, 1.54) is 7.11 Å². The second kappa shape index (κ2) is 10.2. The van der Waals surface area contributed by atoms with Gasteiger partial charge in [-0.25, -0.2) is 9.78 Å². The smallest absolute Gasteiger partial charge is 0.337 e. The van der Waals surface area contributed by atoms with Crippen molar-refractivity contribution in [1.82, 2.24) is 24.5 Å². The van der Waals surface area contributed by atoms with Crippen LogP contribution < -0.4 is 10.8 Å². The second-order valence-corrected chi connectivity index (χ2v) is 9.01. The lowest BCUT2D eigenvalue weighted by atomic mass is 9.93. The number of methoxy groups -OCH3 is 1. The molecule has 5 rings (SSSR count). The lowest BCUT2D eigenvalue weighted by Crippen LogP contribution is -2.39. The highest BCUT2D eigenvalue weighted by atomic mass is 16.5. The predicted molar refractivity (Wildman–Crippen MR) is 138 cm³/mol. The van der Waals surface area contributed by atoms with Crippen molar-refractivity contribution < 1.29 is 14.3 Å². The molecule has 1 N–H and O–H groups in total. The Kier molecular flexibility index (Phi) is 6.66. The van der Waals surface area contributed by atoms with Gasteiger partial charge in [-0.2, -0.15) is 9.61 Å². The summed E-state index contributed by atoms with van der Waals surface area (Å²) in [4.78, 5) is 36.2. The topological polar surface area (TPSA) is 102 Å². The Bertz CT molecular complexity index is 1410. The van der Waals surface area contributed by atoms with Crippen LogP contribution in [0.1, 0.15) is 50.7 Å². The molecule has 0 bridgehead atoms. The van der Waals surface area contributed by atoms with Crippen LogP contribution in [0.3, 0.4) is 0 Å². The average Bonchev–Trinajstić information content (AvgIpc) is 3.32. The maximum atomic E-state index is 13.3. The zero-order chi connectivity index (χ0) is 25.1. The Hall–Kier alpha value is -4.21. The van der Waals surface area contributed by atoms with Crippen molar-refractivity contribution in [3.05, 3.63) is 83.4 Å². The van der Waals surface area contributed by atoms with Crippen molar-refractivity contribution in [2.24, 2.45) is 0 Å². The van der Waals surface area contributed by atoms with Crippen molar-refractivity contribution >= 4 is 36.7 Å². The Morgan fingerprint density at radius 1 is 1.17 bits per heavy atom. The first-order valence-corrected chi connectivity index (χ1v) is 12.0. The van der Waals surface area contributed by atoms with Gasteiger partial charge in [0, 0.05) is 55.8 Å². The lowest BCUT2D eigenvalue weighted by molar-refractivity contribution is 0.0600. The summed E-state index contributed by atoms with van der Waals surface area (Å²) < 4.78 is 6.62. The van der Waals surface area contributed by atoms with Gasteiger partial charge in [-0.3, -0.25) is 9.78 Å². The summed E-state index contributed by atoms with van der Waals surface area (Å²) >= 11 is 0. The van der Waals surface area contributed by atoms with E-state index in [0.717, 1.165) is 41.0 Å². The van der Waals surface area contributed by atoms with Gasteiger partial charge >= 0.3 is 5.97 Å². The number of carbonyl (C=O) groups is 2. The Labute approximate surface area is 209 Å². The molecule has 1 aliphatic heterocycles. The molecule has 1 saturated heterocycles. The van der Waals surface area contributed by atoms with E-state index in [9.17, 15) is 9.59 Å². The summed E-state index contributed by atoms with van der Waals surface area (Å²) in [6.45, 7) is 1.83. The molecular weight excluding hydrogens is 455 g/mol. The number of rotatable bonds is 6. The average molecular weight is 482 g/mol. The third kappa shape index (κ3) is 4.79. The van der Waals surface area contributed by atoms with Crippen LogP contribution in [0.4, 0.5) is 5.82 Å². The maximum Gasteiger partial charge on any atom is 0.337 e. The van der Waals surface area contributed by atoms with Crippen LogP contribution in [0.15, 0.2) is 61.1 Å². The summed E-state index contributed by atoms with van der Waals surface area (Å²) in [6.07, 6.45) is 7.21. The summed E-state index contributed by atoms with van der Waals surface area (Å²) in [7, 11) is 3.33. The molecule has 1 aromatic carbocycles. The number of ether oxygens (including phenoxy) is 1. The number of anilines is 1. The van der Waals surface area contributed by atoms with E-state index >= 15 is 0 Å². The molecule has 1 atom stereocenters. The van der Waals surface area contributed by atoms with Gasteiger partial charge in [-0.1, -0.05) is 12.1 Å². The van der Waals surface area contributed by atoms with Crippen LogP contribution in [0, 0.1) is 0 Å². The van der Waals surface area contributed by atoms with E-state index in [4.69, 9.17) is 9.72 Å². The molecule has 9 nitrogen and oxygen atoms in total. The lowest BCUT2D eigenvalue weighted by Gasteiger charge is -2.33. The number of esters is 1. The number of nitrogens with zero attached hydrogens (tertiary/aromatic N) is 5. The summed E-state index contributed by atoms with van der Waals surface area (Å²) in [5, 5.41) is 7.98. The molecular formula is C26H27BN6O3. The Balaban J connectivity index is 1.39. The van der Waals surface area contributed by atoms with Gasteiger partial charge in [-0.05, 0) is 48.1 Å². The molecule has 4 heterocycles. The van der Waals surface area contributed by atoms with Crippen LogP contribution >= 0.6 is 0 Å². The third-order valence-corrected chi connectivity index (χ3v) is 6.52. The maximum absolute atomic E-state index is 13.3. The first kappa shape index (κ1) is 23.5. The molecule has 1 fully saturated rings. The van der Waals surface area contributed by atoms with Crippen LogP contribution in [0.25, 0.3) is 5.65 Å². The highest BCUT2D eigenvalue weighted by Crippen LogP contribution is 2.29. The third-order valence-electron chi connectivity index (χ3n) is 6.52. The van der Waals surface area contributed by atoms with Gasteiger partial charge in [0.1, 0.15) is 13.7 Å². The molecule has 36 heavy (non-hydrogen) atoms. The van der Waals surface area contributed by atoms with Crippen LogP contribution in [-0.2, 0) is 11.3 Å². The monoisotopic (exact) mass is 482 g/mol. The number of hydrogen-bond donors (Lipinski definition) is 1. The minimum Gasteiger partial charge on any atom is -0.465 e. The number of piperidine rings is 1. The van der Waals surface area contributed by atoms with Gasteiger partial charge in [0.05, 0.1) is 18.4 Å². The number of fused-ring (bicyclic) bond motifs is 1. The number of benzene rings is 1. The standard InChI is InChI=1S/C26H27BN6O3/c1-36-26(35)19-7-2-6-18(11-19)25(34)32-10-4-8-20(16-32)22-12-23(29-14-17-5-3-9-28-13-17)33-24(31-22)21(27)15-30-33/h2-3,5-7,9,11-13,15,20,29H,4,8,10,14,16,27H2,1H3. The van der Waals surface area contributed by atoms with Crippen molar-refractivity contribution in [2.75, 3.05) is 25.5 Å². The number of carbonyl (C=O) groups excluding carboxylic acids is 2. The highest BCUT2D eigenvalue weighted by molar-refractivity contribution is 6.36. The molecule has 1 amide bonds. The number of likely N-dealkylation sites (tertiary alicyclic amines) is 1. The van der Waals surface area contributed by atoms with Gasteiger partial charge in [0.25, 0.3) is 5.91 Å². The first-order chi connectivity index (χ1) is 17.5. The van der Waals surface area contributed by atoms with Gasteiger partial charge in [-0.15, -0.1) is 0 Å². The van der Waals surface area contributed by atoms with Crippen molar-refractivity contribution in [3.63, 3.8) is 0 Å². The number of hydrogen-bond acceptors (Lipinski definition) is 7. The van der Waals surface area contributed by atoms with Crippen molar-refractivity contribution in [3.8, 4) is 0 Å².